The van der Waals surface area contributed by atoms with Crippen LogP contribution in [0.3, 0.4) is 0 Å². The Kier molecular flexibility index (Phi) is 4.45. The van der Waals surface area contributed by atoms with Crippen molar-refractivity contribution >= 4 is 11.8 Å². The summed E-state index contributed by atoms with van der Waals surface area (Å²) in [6.07, 6.45) is -1.73. The van der Waals surface area contributed by atoms with Gasteiger partial charge in [0.25, 0.3) is 0 Å². The Balaban J connectivity index is 2.58. The van der Waals surface area contributed by atoms with Crippen LogP contribution >= 0.6 is 11.8 Å². The Hall–Kier alpha value is -0.920. The number of nitrogens with two attached hydrogens (primary N) is 1. The predicted octanol–water partition coefficient (Wildman–Crippen LogP) is 1.99. The first-order valence-corrected chi connectivity index (χ1v) is 5.81. The molecule has 8 heteroatoms. The van der Waals surface area contributed by atoms with Gasteiger partial charge in [0.15, 0.2) is 5.82 Å². The molecule has 2 N–H and O–H groups in total. The fourth-order valence-electron chi connectivity index (χ4n) is 1.06. The molecule has 1 heterocycles. The van der Waals surface area contributed by atoms with Crippen LogP contribution in [0.15, 0.2) is 5.16 Å². The second kappa shape index (κ2) is 5.42. The van der Waals surface area contributed by atoms with Crippen LogP contribution < -0.4 is 5.84 Å². The van der Waals surface area contributed by atoms with Crippen molar-refractivity contribution in [3.63, 3.8) is 0 Å². The van der Waals surface area contributed by atoms with Gasteiger partial charge in [-0.2, -0.15) is 13.2 Å². The molecule has 0 atom stereocenters. The number of nitrogens with zero attached hydrogens (tertiary/aromatic N) is 3. The summed E-state index contributed by atoms with van der Waals surface area (Å²) >= 11 is 0.548. The molecule has 0 aromatic carbocycles. The predicted molar refractivity (Wildman–Crippen MR) is 55.6 cm³/mol. The van der Waals surface area contributed by atoms with E-state index in [0.29, 0.717) is 24.0 Å². The van der Waals surface area contributed by atoms with E-state index in [9.17, 15) is 13.2 Å². The highest BCUT2D eigenvalue weighted by Gasteiger charge is 2.28. The van der Waals surface area contributed by atoms with E-state index < -0.39 is 11.9 Å². The molecule has 0 aliphatic heterocycles. The molecule has 1 aromatic heterocycles. The summed E-state index contributed by atoms with van der Waals surface area (Å²) in [5.41, 5.74) is 0. The Morgan fingerprint density at radius 1 is 1.38 bits per heavy atom. The Labute approximate surface area is 95.4 Å². The summed E-state index contributed by atoms with van der Waals surface area (Å²) in [6.45, 7) is 2.01. The molecule has 0 bridgehead atoms. The minimum Gasteiger partial charge on any atom is -0.336 e. The summed E-state index contributed by atoms with van der Waals surface area (Å²) in [5, 5.41) is 7.48. The molecular weight excluding hydrogens is 241 g/mol. The summed E-state index contributed by atoms with van der Waals surface area (Å²) < 4.78 is 37.0. The van der Waals surface area contributed by atoms with Gasteiger partial charge in [-0.05, 0) is 6.42 Å². The van der Waals surface area contributed by atoms with Gasteiger partial charge in [0, 0.05) is 6.42 Å². The van der Waals surface area contributed by atoms with Crippen LogP contribution in [-0.2, 0) is 6.42 Å². The number of unbranched alkanes of at least 4 members (excludes halogenated alkanes) is 1. The molecule has 0 radical (unpaired) electrons. The normalized spacial score (nSPS) is 12.0. The number of nitrogen functional groups attached to an aromatic ring is 1. The number of aryl methyl sites for hydroxylation is 1. The molecule has 1 aromatic rings. The average molecular weight is 254 g/mol. The van der Waals surface area contributed by atoms with Crippen LogP contribution in [0.5, 0.6) is 0 Å². The standard InChI is InChI=1S/C8H13F3N4S/c1-2-3-4-6-13-14-7(15(6)12)16-5-8(9,10)11/h2-5,12H2,1H3. The maximum Gasteiger partial charge on any atom is 0.398 e. The number of alkyl halides is 3. The quantitative estimate of drug-likeness (QED) is 0.645. The lowest BCUT2D eigenvalue weighted by atomic mass is 10.2. The zero-order valence-corrected chi connectivity index (χ0v) is 9.61. The Morgan fingerprint density at radius 3 is 2.62 bits per heavy atom. The third kappa shape index (κ3) is 3.92. The fourth-order valence-corrected chi connectivity index (χ4v) is 1.69. The van der Waals surface area contributed by atoms with E-state index in [1.807, 2.05) is 6.92 Å². The second-order valence-electron chi connectivity index (χ2n) is 3.28. The number of rotatable bonds is 5. The zero-order chi connectivity index (χ0) is 12.2. The molecule has 0 aliphatic carbocycles. The maximum atomic E-state index is 12.0. The summed E-state index contributed by atoms with van der Waals surface area (Å²) in [5.74, 6) is 5.09. The first-order valence-electron chi connectivity index (χ1n) is 4.83. The van der Waals surface area contributed by atoms with Crippen molar-refractivity contribution < 1.29 is 13.2 Å². The highest BCUT2D eigenvalue weighted by molar-refractivity contribution is 7.99. The van der Waals surface area contributed by atoms with Gasteiger partial charge in [-0.3, -0.25) is 0 Å². The lowest BCUT2D eigenvalue weighted by Crippen LogP contribution is -2.16. The molecule has 4 nitrogen and oxygen atoms in total. The van der Waals surface area contributed by atoms with Gasteiger partial charge in [-0.25, -0.2) is 4.68 Å². The molecule has 0 unspecified atom stereocenters. The van der Waals surface area contributed by atoms with E-state index >= 15 is 0 Å². The van der Waals surface area contributed by atoms with Crippen molar-refractivity contribution in [2.45, 2.75) is 37.5 Å². The highest BCUT2D eigenvalue weighted by atomic mass is 32.2. The van der Waals surface area contributed by atoms with Crippen molar-refractivity contribution in [3.05, 3.63) is 5.82 Å². The number of aromatic nitrogens is 3. The maximum absolute atomic E-state index is 12.0. The van der Waals surface area contributed by atoms with Gasteiger partial charge in [-0.15, -0.1) is 10.2 Å². The lowest BCUT2D eigenvalue weighted by molar-refractivity contribution is -0.105. The Morgan fingerprint density at radius 2 is 2.06 bits per heavy atom. The SMILES string of the molecule is CCCCc1nnc(SCC(F)(F)F)n1N. The molecule has 0 fully saturated rings. The summed E-state index contributed by atoms with van der Waals surface area (Å²) in [6, 6.07) is 0. The number of hydrogen-bond donors (Lipinski definition) is 1. The molecule has 0 saturated carbocycles. The minimum atomic E-state index is -4.22. The van der Waals surface area contributed by atoms with Gasteiger partial charge in [0.2, 0.25) is 5.16 Å². The number of hydrogen-bond acceptors (Lipinski definition) is 4. The first-order chi connectivity index (χ1) is 7.44. The van der Waals surface area contributed by atoms with Crippen LogP contribution in [-0.4, -0.2) is 26.8 Å². The lowest BCUT2D eigenvalue weighted by Gasteiger charge is -2.05. The van der Waals surface area contributed by atoms with Crippen molar-refractivity contribution in [3.8, 4) is 0 Å². The van der Waals surface area contributed by atoms with E-state index in [2.05, 4.69) is 10.2 Å². The molecule has 0 saturated heterocycles. The van der Waals surface area contributed by atoms with Gasteiger partial charge in [-0.1, -0.05) is 25.1 Å². The van der Waals surface area contributed by atoms with E-state index in [1.165, 1.54) is 0 Å². The van der Waals surface area contributed by atoms with E-state index in [0.717, 1.165) is 17.5 Å². The summed E-state index contributed by atoms with van der Waals surface area (Å²) in [4.78, 5) is 0. The zero-order valence-electron chi connectivity index (χ0n) is 8.79. The van der Waals surface area contributed by atoms with Crippen molar-refractivity contribution in [2.24, 2.45) is 0 Å². The van der Waals surface area contributed by atoms with E-state index in [4.69, 9.17) is 5.84 Å². The first kappa shape index (κ1) is 13.1. The average Bonchev–Trinajstić information content (AvgIpc) is 2.53. The van der Waals surface area contributed by atoms with Crippen molar-refractivity contribution in [1.82, 2.24) is 14.9 Å². The fraction of sp³-hybridized carbons (Fsp3) is 0.750. The molecule has 0 spiro atoms. The second-order valence-corrected chi connectivity index (χ2v) is 4.22. The largest absolute Gasteiger partial charge is 0.398 e. The Bertz CT molecular complexity index is 337. The monoisotopic (exact) mass is 254 g/mol. The van der Waals surface area contributed by atoms with Crippen LogP contribution in [0.4, 0.5) is 13.2 Å². The van der Waals surface area contributed by atoms with Gasteiger partial charge < -0.3 is 5.84 Å². The van der Waals surface area contributed by atoms with E-state index in [1.54, 1.807) is 0 Å². The van der Waals surface area contributed by atoms with Crippen molar-refractivity contribution in [2.75, 3.05) is 11.6 Å². The summed E-state index contributed by atoms with van der Waals surface area (Å²) in [7, 11) is 0. The smallest absolute Gasteiger partial charge is 0.336 e. The third-order valence-electron chi connectivity index (χ3n) is 1.85. The molecule has 0 aliphatic rings. The van der Waals surface area contributed by atoms with Crippen LogP contribution in [0.2, 0.25) is 0 Å². The van der Waals surface area contributed by atoms with Crippen LogP contribution in [0.1, 0.15) is 25.6 Å². The van der Waals surface area contributed by atoms with Crippen LogP contribution in [0.25, 0.3) is 0 Å². The highest BCUT2D eigenvalue weighted by Crippen LogP contribution is 2.25. The molecular formula is C8H13F3N4S. The van der Waals surface area contributed by atoms with Gasteiger partial charge in [0.1, 0.15) is 0 Å². The van der Waals surface area contributed by atoms with Gasteiger partial charge >= 0.3 is 6.18 Å². The number of thioether (sulfide) groups is 1. The molecule has 0 amide bonds. The third-order valence-corrected chi connectivity index (χ3v) is 2.86. The molecule has 92 valence electrons. The number of halogens is 3. The van der Waals surface area contributed by atoms with Crippen molar-refractivity contribution in [1.29, 1.82) is 0 Å². The van der Waals surface area contributed by atoms with E-state index in [-0.39, 0.29) is 5.16 Å². The minimum absolute atomic E-state index is 0.100. The van der Waals surface area contributed by atoms with Crippen LogP contribution in [0, 0.1) is 0 Å². The topological polar surface area (TPSA) is 56.7 Å². The molecule has 16 heavy (non-hydrogen) atoms. The molecule has 1 rings (SSSR count). The van der Waals surface area contributed by atoms with Gasteiger partial charge in [0.05, 0.1) is 5.75 Å².